The number of hydrogen-bond acceptors (Lipinski definition) is 3. The largest absolute Gasteiger partial charge is 0.301 e. The second kappa shape index (κ2) is 8.64. The normalized spacial score (nSPS) is 12.6. The van der Waals surface area contributed by atoms with Crippen molar-refractivity contribution in [2.75, 3.05) is 5.32 Å². The monoisotopic (exact) mass is 432 g/mol. The first-order valence-electron chi connectivity index (χ1n) is 8.98. The molecule has 0 saturated carbocycles. The Hall–Kier alpha value is -1.88. The van der Waals surface area contributed by atoms with E-state index in [2.05, 4.69) is 31.1 Å². The molecule has 0 aliphatic rings. The highest BCUT2D eigenvalue weighted by molar-refractivity contribution is 7.15. The Balaban J connectivity index is 1.74. The number of hydrogen-bond donors (Lipinski definition) is 1. The van der Waals surface area contributed by atoms with Crippen molar-refractivity contribution in [2.45, 2.75) is 33.1 Å². The number of anilines is 1. The van der Waals surface area contributed by atoms with Crippen molar-refractivity contribution in [1.29, 1.82) is 0 Å². The summed E-state index contributed by atoms with van der Waals surface area (Å²) in [6.07, 6.45) is 2.56. The van der Waals surface area contributed by atoms with Gasteiger partial charge in [-0.05, 0) is 40.8 Å². The molecule has 0 radical (unpaired) electrons. The van der Waals surface area contributed by atoms with Crippen molar-refractivity contribution in [3.63, 3.8) is 0 Å². The van der Waals surface area contributed by atoms with E-state index in [-0.39, 0.29) is 17.2 Å². The molecular weight excluding hydrogens is 411 g/mol. The molecule has 0 unspecified atom stereocenters. The van der Waals surface area contributed by atoms with Crippen molar-refractivity contribution in [3.8, 4) is 0 Å². The van der Waals surface area contributed by atoms with Gasteiger partial charge < -0.3 is 5.32 Å². The number of aromatic nitrogens is 1. The van der Waals surface area contributed by atoms with Gasteiger partial charge in [0.2, 0.25) is 5.91 Å². The summed E-state index contributed by atoms with van der Waals surface area (Å²) in [6.45, 7) is 6.17. The zero-order chi connectivity index (χ0) is 20.3. The number of thiazole rings is 1. The molecule has 2 aromatic carbocycles. The van der Waals surface area contributed by atoms with Gasteiger partial charge >= 0.3 is 0 Å². The Labute approximate surface area is 179 Å². The third kappa shape index (κ3) is 5.34. The standard InChI is InChI=1S/C22H22Cl2N2OS/c1-22(2,3)19(15-6-10-17(24)11-7-15)20(27)26-21-25-13-18(28-21)12-14-4-8-16(23)9-5-14/h4-11,13,19H,12H2,1-3H3,(H,25,26,27)/t19-/m0/s1. The topological polar surface area (TPSA) is 42.0 Å². The molecule has 1 N–H and O–H groups in total. The number of amides is 1. The number of benzene rings is 2. The van der Waals surface area contributed by atoms with Gasteiger partial charge in [0.05, 0.1) is 5.92 Å². The summed E-state index contributed by atoms with van der Waals surface area (Å²) in [5.41, 5.74) is 1.84. The van der Waals surface area contributed by atoms with E-state index < -0.39 is 0 Å². The average Bonchev–Trinajstić information content (AvgIpc) is 3.04. The summed E-state index contributed by atoms with van der Waals surface area (Å²) in [6, 6.07) is 15.2. The van der Waals surface area contributed by atoms with Crippen LogP contribution < -0.4 is 5.32 Å². The van der Waals surface area contributed by atoms with Gasteiger partial charge in [-0.25, -0.2) is 4.98 Å². The lowest BCUT2D eigenvalue weighted by molar-refractivity contribution is -0.119. The molecule has 0 saturated heterocycles. The lowest BCUT2D eigenvalue weighted by Crippen LogP contribution is -2.31. The van der Waals surface area contributed by atoms with E-state index in [4.69, 9.17) is 23.2 Å². The Morgan fingerprint density at radius 3 is 2.18 bits per heavy atom. The Kier molecular flexibility index (Phi) is 6.43. The van der Waals surface area contributed by atoms with Crippen LogP contribution in [0.5, 0.6) is 0 Å². The molecule has 3 aromatic rings. The maximum absolute atomic E-state index is 13.1. The van der Waals surface area contributed by atoms with Crippen LogP contribution in [0.4, 0.5) is 5.13 Å². The van der Waals surface area contributed by atoms with Crippen LogP contribution in [0, 0.1) is 5.41 Å². The average molecular weight is 433 g/mol. The third-order valence-electron chi connectivity index (χ3n) is 4.41. The molecule has 146 valence electrons. The summed E-state index contributed by atoms with van der Waals surface area (Å²) in [4.78, 5) is 18.5. The molecule has 0 bridgehead atoms. The first-order valence-corrected chi connectivity index (χ1v) is 10.5. The molecule has 6 heteroatoms. The van der Waals surface area contributed by atoms with Crippen molar-refractivity contribution in [1.82, 2.24) is 4.98 Å². The van der Waals surface area contributed by atoms with Gasteiger partial charge in [0.25, 0.3) is 0 Å². The van der Waals surface area contributed by atoms with Crippen LogP contribution in [0.2, 0.25) is 10.0 Å². The van der Waals surface area contributed by atoms with Crippen molar-refractivity contribution >= 4 is 45.6 Å². The van der Waals surface area contributed by atoms with Crippen molar-refractivity contribution in [3.05, 3.63) is 80.8 Å². The second-order valence-electron chi connectivity index (χ2n) is 7.77. The molecule has 1 aromatic heterocycles. The van der Waals surface area contributed by atoms with Crippen LogP contribution in [0.15, 0.2) is 54.7 Å². The Morgan fingerprint density at radius 1 is 1.04 bits per heavy atom. The van der Waals surface area contributed by atoms with Gasteiger partial charge in [0.15, 0.2) is 5.13 Å². The van der Waals surface area contributed by atoms with Gasteiger partial charge in [-0.1, -0.05) is 68.2 Å². The quantitative estimate of drug-likeness (QED) is 0.480. The first-order chi connectivity index (χ1) is 13.2. The molecule has 3 rings (SSSR count). The Morgan fingerprint density at radius 2 is 1.61 bits per heavy atom. The predicted octanol–water partition coefficient (Wildman–Crippen LogP) is 6.81. The number of rotatable bonds is 5. The van der Waals surface area contributed by atoms with Gasteiger partial charge in [0, 0.05) is 27.5 Å². The van der Waals surface area contributed by atoms with Crippen LogP contribution in [0.25, 0.3) is 0 Å². The fourth-order valence-corrected chi connectivity index (χ4v) is 4.23. The van der Waals surface area contributed by atoms with Crippen LogP contribution >= 0.6 is 34.5 Å². The van der Waals surface area contributed by atoms with E-state index in [9.17, 15) is 4.79 Å². The molecule has 1 amide bonds. The highest BCUT2D eigenvalue weighted by atomic mass is 35.5. The highest BCUT2D eigenvalue weighted by Gasteiger charge is 2.33. The van der Waals surface area contributed by atoms with Crippen LogP contribution in [0.1, 0.15) is 42.7 Å². The van der Waals surface area contributed by atoms with E-state index >= 15 is 0 Å². The third-order valence-corrected chi connectivity index (χ3v) is 5.82. The fraction of sp³-hybridized carbons (Fsp3) is 0.273. The molecule has 28 heavy (non-hydrogen) atoms. The molecule has 0 spiro atoms. The molecular formula is C22H22Cl2N2OS. The summed E-state index contributed by atoms with van der Waals surface area (Å²) < 4.78 is 0. The van der Waals surface area contributed by atoms with E-state index in [0.29, 0.717) is 10.2 Å². The minimum atomic E-state index is -0.312. The molecule has 0 aliphatic heterocycles. The van der Waals surface area contributed by atoms with E-state index in [0.717, 1.165) is 27.4 Å². The van der Waals surface area contributed by atoms with E-state index in [1.807, 2.05) is 54.7 Å². The Bertz CT molecular complexity index is 944. The molecule has 1 heterocycles. The van der Waals surface area contributed by atoms with Gasteiger partial charge in [-0.3, -0.25) is 4.79 Å². The van der Waals surface area contributed by atoms with Gasteiger partial charge in [-0.2, -0.15) is 0 Å². The highest BCUT2D eigenvalue weighted by Crippen LogP contribution is 2.37. The fourth-order valence-electron chi connectivity index (χ4n) is 3.13. The molecule has 0 fully saturated rings. The lowest BCUT2D eigenvalue weighted by Gasteiger charge is -2.29. The molecule has 3 nitrogen and oxygen atoms in total. The predicted molar refractivity (Wildman–Crippen MR) is 119 cm³/mol. The minimum absolute atomic E-state index is 0.0674. The minimum Gasteiger partial charge on any atom is -0.301 e. The van der Waals surface area contributed by atoms with Gasteiger partial charge in [0.1, 0.15) is 0 Å². The van der Waals surface area contributed by atoms with Crippen LogP contribution in [0.3, 0.4) is 0 Å². The van der Waals surface area contributed by atoms with E-state index in [1.54, 1.807) is 0 Å². The summed E-state index contributed by atoms with van der Waals surface area (Å²) in [5, 5.41) is 4.97. The maximum atomic E-state index is 13.1. The number of carbonyl (C=O) groups is 1. The smallest absolute Gasteiger partial charge is 0.234 e. The van der Waals surface area contributed by atoms with Gasteiger partial charge in [-0.15, -0.1) is 11.3 Å². The number of carbonyl (C=O) groups excluding carboxylic acids is 1. The van der Waals surface area contributed by atoms with Crippen molar-refractivity contribution < 1.29 is 4.79 Å². The lowest BCUT2D eigenvalue weighted by atomic mass is 9.76. The molecule has 1 atom stereocenters. The second-order valence-corrected chi connectivity index (χ2v) is 9.76. The summed E-state index contributed by atoms with van der Waals surface area (Å²) in [5.74, 6) is -0.379. The van der Waals surface area contributed by atoms with E-state index in [1.165, 1.54) is 11.3 Å². The SMILES string of the molecule is CC(C)(C)[C@H](C(=O)Nc1ncc(Cc2ccc(Cl)cc2)s1)c1ccc(Cl)cc1. The first kappa shape index (κ1) is 20.8. The zero-order valence-corrected chi connectivity index (χ0v) is 18.3. The number of nitrogens with zero attached hydrogens (tertiary/aromatic N) is 1. The zero-order valence-electron chi connectivity index (χ0n) is 16.0. The molecule has 0 aliphatic carbocycles. The number of halogens is 2. The summed E-state index contributed by atoms with van der Waals surface area (Å²) >= 11 is 13.4. The maximum Gasteiger partial charge on any atom is 0.234 e. The van der Waals surface area contributed by atoms with Crippen molar-refractivity contribution in [2.24, 2.45) is 5.41 Å². The summed E-state index contributed by atoms with van der Waals surface area (Å²) in [7, 11) is 0. The number of nitrogens with one attached hydrogen (secondary N) is 1. The van der Waals surface area contributed by atoms with Crippen LogP contribution in [-0.2, 0) is 11.2 Å². The van der Waals surface area contributed by atoms with Crippen LogP contribution in [-0.4, -0.2) is 10.9 Å².